The number of aliphatic hydroxyl groups excluding tert-OH is 2. The number of fused-ring (bicyclic) bond motifs is 2. The Balaban J connectivity index is 1.51. The smallest absolute Gasteiger partial charge is 0.261 e. The monoisotopic (exact) mass is 484 g/mol. The van der Waals surface area contributed by atoms with Gasteiger partial charge in [-0.1, -0.05) is 48.5 Å². The maximum absolute atomic E-state index is 13.1. The molecule has 0 aliphatic heterocycles. The zero-order valence-electron chi connectivity index (χ0n) is 19.4. The van der Waals surface area contributed by atoms with Crippen LogP contribution in [0.4, 0.5) is 0 Å². The molecule has 182 valence electrons. The van der Waals surface area contributed by atoms with Crippen molar-refractivity contribution in [1.29, 1.82) is 0 Å². The van der Waals surface area contributed by atoms with Gasteiger partial charge in [0.2, 0.25) is 0 Å². The summed E-state index contributed by atoms with van der Waals surface area (Å²) in [4.78, 5) is 52.2. The highest BCUT2D eigenvalue weighted by Crippen LogP contribution is 2.16. The number of hydrogen-bond donors (Lipinski definition) is 2. The molecule has 8 nitrogen and oxygen atoms in total. The molecule has 36 heavy (non-hydrogen) atoms. The summed E-state index contributed by atoms with van der Waals surface area (Å²) in [6.45, 7) is -0.0484. The van der Waals surface area contributed by atoms with Gasteiger partial charge in [-0.25, -0.2) is 0 Å². The number of benzene rings is 3. The van der Waals surface area contributed by atoms with Crippen LogP contribution in [0.2, 0.25) is 0 Å². The number of nitrogens with zero attached hydrogens (tertiary/aromatic N) is 2. The van der Waals surface area contributed by atoms with Gasteiger partial charge in [-0.15, -0.1) is 0 Å². The lowest BCUT2D eigenvalue weighted by Gasteiger charge is -2.06. The number of aliphatic hydroxyl groups is 2. The van der Waals surface area contributed by atoms with Crippen molar-refractivity contribution in [2.75, 3.05) is 0 Å². The van der Waals surface area contributed by atoms with Gasteiger partial charge in [-0.3, -0.25) is 28.3 Å². The van der Waals surface area contributed by atoms with Crippen LogP contribution in [-0.4, -0.2) is 19.3 Å². The van der Waals surface area contributed by atoms with Crippen molar-refractivity contribution < 1.29 is 10.2 Å². The molecule has 2 aromatic heterocycles. The maximum atomic E-state index is 13.1. The third-order valence-electron chi connectivity index (χ3n) is 6.85. The number of hydrogen-bond acceptors (Lipinski definition) is 6. The van der Waals surface area contributed by atoms with E-state index >= 15 is 0 Å². The lowest BCUT2D eigenvalue weighted by Crippen LogP contribution is -2.27. The number of rotatable bonds is 8. The van der Waals surface area contributed by atoms with Crippen molar-refractivity contribution in [2.45, 2.75) is 39.1 Å². The van der Waals surface area contributed by atoms with Gasteiger partial charge in [-0.05, 0) is 47.2 Å². The summed E-state index contributed by atoms with van der Waals surface area (Å²) in [5, 5.41) is 19.5. The zero-order chi connectivity index (χ0) is 25.4. The topological polar surface area (TPSA) is 119 Å². The van der Waals surface area contributed by atoms with E-state index in [0.717, 1.165) is 31.4 Å². The fourth-order valence-electron chi connectivity index (χ4n) is 4.86. The molecular formula is C28H24N2O6. The van der Waals surface area contributed by atoms with Gasteiger partial charge in [0.05, 0.1) is 34.8 Å². The van der Waals surface area contributed by atoms with E-state index in [-0.39, 0.29) is 47.8 Å². The minimum atomic E-state index is -0.505. The molecule has 0 aliphatic carbocycles. The first-order chi connectivity index (χ1) is 17.4. The Morgan fingerprint density at radius 1 is 0.500 bits per heavy atom. The number of aryl methyl sites for hydroxylation is 2. The molecule has 2 N–H and O–H groups in total. The predicted octanol–water partition coefficient (Wildman–Crippen LogP) is 1.38. The van der Waals surface area contributed by atoms with Gasteiger partial charge in [0.1, 0.15) is 0 Å². The Morgan fingerprint density at radius 2 is 0.806 bits per heavy atom. The van der Waals surface area contributed by atoms with Crippen LogP contribution < -0.4 is 22.2 Å². The molecule has 0 radical (unpaired) electrons. The van der Waals surface area contributed by atoms with Gasteiger partial charge in [0, 0.05) is 13.1 Å². The summed E-state index contributed by atoms with van der Waals surface area (Å²) < 4.78 is 2.24. The SMILES string of the molecule is O=c1c2cc3c(=O)n(CCc4ccccc4CO)c(=O)c3cc2c(=O)n1CCc1ccccc1CO. The molecule has 0 bridgehead atoms. The molecule has 0 amide bonds. The minimum Gasteiger partial charge on any atom is -0.392 e. The van der Waals surface area contributed by atoms with Gasteiger partial charge in [-0.2, -0.15) is 0 Å². The molecule has 0 fully saturated rings. The van der Waals surface area contributed by atoms with Gasteiger partial charge in [0.25, 0.3) is 22.2 Å². The quantitative estimate of drug-likeness (QED) is 0.344. The summed E-state index contributed by atoms with van der Waals surface area (Å²) in [6, 6.07) is 17.2. The largest absolute Gasteiger partial charge is 0.392 e. The second-order valence-electron chi connectivity index (χ2n) is 8.82. The van der Waals surface area contributed by atoms with Crippen LogP contribution in [0.25, 0.3) is 21.5 Å². The fraction of sp³-hybridized carbons (Fsp3) is 0.214. The van der Waals surface area contributed by atoms with Crippen LogP contribution in [0.5, 0.6) is 0 Å². The Kier molecular flexibility index (Phi) is 6.22. The van der Waals surface area contributed by atoms with Crippen LogP contribution in [0.1, 0.15) is 22.3 Å². The Morgan fingerprint density at radius 3 is 1.11 bits per heavy atom. The normalized spacial score (nSPS) is 11.6. The van der Waals surface area contributed by atoms with Gasteiger partial charge in [0.15, 0.2) is 0 Å². The fourth-order valence-corrected chi connectivity index (χ4v) is 4.86. The molecule has 0 aliphatic rings. The molecule has 0 atom stereocenters. The highest BCUT2D eigenvalue weighted by Gasteiger charge is 2.19. The highest BCUT2D eigenvalue weighted by atomic mass is 16.3. The predicted molar refractivity (Wildman–Crippen MR) is 137 cm³/mol. The Hall–Kier alpha value is -4.14. The van der Waals surface area contributed by atoms with Crippen LogP contribution in [0.15, 0.2) is 79.8 Å². The van der Waals surface area contributed by atoms with Crippen LogP contribution >= 0.6 is 0 Å². The van der Waals surface area contributed by atoms with Gasteiger partial charge >= 0.3 is 0 Å². The van der Waals surface area contributed by atoms with E-state index in [1.165, 1.54) is 12.1 Å². The summed E-state index contributed by atoms with van der Waals surface area (Å²) >= 11 is 0. The summed E-state index contributed by atoms with van der Waals surface area (Å²) in [6.07, 6.45) is 0.756. The van der Waals surface area contributed by atoms with E-state index in [4.69, 9.17) is 0 Å². The van der Waals surface area contributed by atoms with E-state index in [1.807, 2.05) is 24.3 Å². The van der Waals surface area contributed by atoms with E-state index in [9.17, 15) is 29.4 Å². The standard InChI is InChI=1S/C28H24N2O6/c31-15-19-7-3-1-5-17(19)9-11-29-25(33)21-13-23-24(14-22(21)26(29)34)28(36)30(27(23)35)12-10-18-6-2-4-8-20(18)16-32/h1-8,13-14,31-32H,9-12,15-16H2. The average Bonchev–Trinajstić information content (AvgIpc) is 3.28. The van der Waals surface area contributed by atoms with Crippen molar-refractivity contribution in [3.05, 3.63) is 124 Å². The van der Waals surface area contributed by atoms with Crippen LogP contribution in [0.3, 0.4) is 0 Å². The molecule has 5 rings (SSSR count). The van der Waals surface area contributed by atoms with Crippen molar-refractivity contribution in [3.63, 3.8) is 0 Å². The molecule has 0 saturated carbocycles. The van der Waals surface area contributed by atoms with E-state index in [0.29, 0.717) is 12.8 Å². The average molecular weight is 485 g/mol. The molecule has 5 aromatic rings. The number of aromatic nitrogens is 2. The first kappa shape index (κ1) is 23.6. The maximum Gasteiger partial charge on any atom is 0.261 e. The minimum absolute atomic E-state index is 0.114. The lowest BCUT2D eigenvalue weighted by molar-refractivity contribution is 0.280. The zero-order valence-corrected chi connectivity index (χ0v) is 19.4. The molecular weight excluding hydrogens is 460 g/mol. The lowest BCUT2D eigenvalue weighted by atomic mass is 10.1. The van der Waals surface area contributed by atoms with Crippen molar-refractivity contribution >= 4 is 21.5 Å². The van der Waals surface area contributed by atoms with Gasteiger partial charge < -0.3 is 10.2 Å². The molecule has 3 aromatic carbocycles. The molecule has 8 heteroatoms. The summed E-state index contributed by atoms with van der Waals surface area (Å²) in [5.74, 6) is 0. The third kappa shape index (κ3) is 3.90. The molecule has 0 spiro atoms. The summed E-state index contributed by atoms with van der Waals surface area (Å²) in [5.41, 5.74) is 1.11. The Labute approximate surface area is 204 Å². The summed E-state index contributed by atoms with van der Waals surface area (Å²) in [7, 11) is 0. The molecule has 2 heterocycles. The van der Waals surface area contributed by atoms with E-state index in [1.54, 1.807) is 24.3 Å². The molecule has 0 unspecified atom stereocenters. The van der Waals surface area contributed by atoms with Crippen LogP contribution in [-0.2, 0) is 39.1 Å². The Bertz CT molecular complexity index is 1600. The first-order valence-electron chi connectivity index (χ1n) is 11.7. The first-order valence-corrected chi connectivity index (χ1v) is 11.7. The van der Waals surface area contributed by atoms with Crippen LogP contribution in [0, 0.1) is 0 Å². The third-order valence-corrected chi connectivity index (χ3v) is 6.85. The van der Waals surface area contributed by atoms with Crippen molar-refractivity contribution in [2.24, 2.45) is 0 Å². The second kappa shape index (κ2) is 9.49. The van der Waals surface area contributed by atoms with Crippen molar-refractivity contribution in [3.8, 4) is 0 Å². The van der Waals surface area contributed by atoms with E-state index < -0.39 is 22.2 Å². The van der Waals surface area contributed by atoms with E-state index in [2.05, 4.69) is 0 Å². The second-order valence-corrected chi connectivity index (χ2v) is 8.82. The molecule has 0 saturated heterocycles. The highest BCUT2D eigenvalue weighted by molar-refractivity contribution is 5.97. The van der Waals surface area contributed by atoms with Crippen molar-refractivity contribution in [1.82, 2.24) is 9.13 Å².